The lowest BCUT2D eigenvalue weighted by Gasteiger charge is -2.18. The van der Waals surface area contributed by atoms with Gasteiger partial charge in [-0.3, -0.25) is 4.79 Å². The molecule has 138 valence electrons. The number of anilines is 1. The Morgan fingerprint density at radius 3 is 2.27 bits per heavy atom. The van der Waals surface area contributed by atoms with Crippen LogP contribution in [0.25, 0.3) is 0 Å². The van der Waals surface area contributed by atoms with Crippen LogP contribution in [0.5, 0.6) is 11.5 Å². The van der Waals surface area contributed by atoms with Crippen LogP contribution in [0.1, 0.15) is 29.3 Å². The second-order valence-electron chi connectivity index (χ2n) is 5.70. The zero-order valence-corrected chi connectivity index (χ0v) is 15.4. The first kappa shape index (κ1) is 19.3. The van der Waals surface area contributed by atoms with Crippen LogP contribution in [0.15, 0.2) is 42.5 Å². The summed E-state index contributed by atoms with van der Waals surface area (Å²) in [5, 5.41) is 2.83. The number of hydrogen-bond donors (Lipinski definition) is 1. The topological polar surface area (TPSA) is 73.9 Å². The lowest BCUT2D eigenvalue weighted by Crippen LogP contribution is -2.32. The van der Waals surface area contributed by atoms with E-state index in [2.05, 4.69) is 5.32 Å². The van der Waals surface area contributed by atoms with Gasteiger partial charge >= 0.3 is 5.97 Å². The van der Waals surface area contributed by atoms with Gasteiger partial charge in [-0.25, -0.2) is 4.79 Å². The molecule has 2 rings (SSSR count). The normalized spacial score (nSPS) is 11.4. The Balaban J connectivity index is 2.12. The van der Waals surface area contributed by atoms with Gasteiger partial charge in [-0.1, -0.05) is 13.0 Å². The number of aryl methyl sites for hydroxylation is 1. The molecule has 0 bridgehead atoms. The Labute approximate surface area is 153 Å². The zero-order valence-electron chi connectivity index (χ0n) is 15.4. The molecule has 0 aliphatic heterocycles. The van der Waals surface area contributed by atoms with E-state index in [0.717, 1.165) is 5.56 Å². The van der Waals surface area contributed by atoms with Gasteiger partial charge in [0, 0.05) is 5.69 Å². The molecule has 6 nitrogen and oxygen atoms in total. The molecular weight excluding hydrogens is 334 g/mol. The van der Waals surface area contributed by atoms with Crippen molar-refractivity contribution < 1.29 is 23.8 Å². The van der Waals surface area contributed by atoms with E-state index in [1.165, 1.54) is 7.11 Å². The van der Waals surface area contributed by atoms with Crippen molar-refractivity contribution in [3.05, 3.63) is 53.6 Å². The first-order valence-electron chi connectivity index (χ1n) is 8.29. The highest BCUT2D eigenvalue weighted by Gasteiger charge is 2.20. The summed E-state index contributed by atoms with van der Waals surface area (Å²) in [7, 11) is 2.90. The van der Waals surface area contributed by atoms with E-state index in [1.54, 1.807) is 49.6 Å². The van der Waals surface area contributed by atoms with Crippen LogP contribution in [-0.2, 0) is 9.53 Å². The Kier molecular flexibility index (Phi) is 6.60. The lowest BCUT2D eigenvalue weighted by molar-refractivity contribution is -0.122. The number of rotatable bonds is 7. The summed E-state index contributed by atoms with van der Waals surface area (Å²) < 4.78 is 15.6. The van der Waals surface area contributed by atoms with Gasteiger partial charge in [0.15, 0.2) is 6.10 Å². The molecule has 0 aliphatic carbocycles. The number of methoxy groups -OCH3 is 2. The molecule has 1 N–H and O–H groups in total. The van der Waals surface area contributed by atoms with Crippen LogP contribution in [-0.4, -0.2) is 32.2 Å². The summed E-state index contributed by atoms with van der Waals surface area (Å²) >= 11 is 0. The van der Waals surface area contributed by atoms with Crippen molar-refractivity contribution in [3.8, 4) is 11.5 Å². The van der Waals surface area contributed by atoms with Gasteiger partial charge in [-0.15, -0.1) is 0 Å². The minimum absolute atomic E-state index is 0.284. The Morgan fingerprint density at radius 1 is 1.04 bits per heavy atom. The van der Waals surface area contributed by atoms with Crippen molar-refractivity contribution in [1.82, 2.24) is 0 Å². The van der Waals surface area contributed by atoms with Gasteiger partial charge in [-0.05, 0) is 55.3 Å². The lowest BCUT2D eigenvalue weighted by atomic mass is 10.1. The number of carbonyl (C=O) groups is 2. The van der Waals surface area contributed by atoms with Crippen LogP contribution in [0, 0.1) is 6.92 Å². The number of hydrogen-bond acceptors (Lipinski definition) is 5. The van der Waals surface area contributed by atoms with E-state index in [1.807, 2.05) is 13.8 Å². The average molecular weight is 357 g/mol. The molecule has 0 spiro atoms. The second kappa shape index (κ2) is 8.89. The highest BCUT2D eigenvalue weighted by molar-refractivity contribution is 5.97. The second-order valence-corrected chi connectivity index (χ2v) is 5.70. The van der Waals surface area contributed by atoms with Crippen LogP contribution >= 0.6 is 0 Å². The molecule has 0 heterocycles. The van der Waals surface area contributed by atoms with Crippen molar-refractivity contribution >= 4 is 17.6 Å². The van der Waals surface area contributed by atoms with E-state index in [-0.39, 0.29) is 5.91 Å². The van der Waals surface area contributed by atoms with Gasteiger partial charge in [0.2, 0.25) is 0 Å². The minimum atomic E-state index is -0.662. The van der Waals surface area contributed by atoms with Crippen LogP contribution in [0.2, 0.25) is 0 Å². The molecule has 1 atom stereocenters. The van der Waals surface area contributed by atoms with Gasteiger partial charge < -0.3 is 19.5 Å². The molecule has 0 radical (unpaired) electrons. The smallest absolute Gasteiger partial charge is 0.337 e. The van der Waals surface area contributed by atoms with Gasteiger partial charge in [0.05, 0.1) is 19.8 Å². The number of benzene rings is 2. The molecule has 2 aromatic rings. The first-order chi connectivity index (χ1) is 12.5. The predicted molar refractivity (Wildman–Crippen MR) is 98.8 cm³/mol. The Bertz CT molecular complexity index is 770. The molecule has 6 heteroatoms. The Morgan fingerprint density at radius 2 is 1.69 bits per heavy atom. The SMILES string of the molecule is CC[C@H](Oc1ccc(OC)cc1)C(=O)Nc1cc(C(=O)OC)ccc1C. The number of carbonyl (C=O) groups excluding carboxylic acids is 2. The molecule has 1 amide bonds. The van der Waals surface area contributed by atoms with Gasteiger partial charge in [-0.2, -0.15) is 0 Å². The summed E-state index contributed by atoms with van der Waals surface area (Å²) in [4.78, 5) is 24.3. The van der Waals surface area contributed by atoms with E-state index >= 15 is 0 Å². The van der Waals surface area contributed by atoms with Gasteiger partial charge in [0.25, 0.3) is 5.91 Å². The quantitative estimate of drug-likeness (QED) is 0.767. The summed E-state index contributed by atoms with van der Waals surface area (Å²) in [5.74, 6) is 0.549. The van der Waals surface area contributed by atoms with E-state index in [0.29, 0.717) is 29.2 Å². The molecule has 0 saturated heterocycles. The monoisotopic (exact) mass is 357 g/mol. The molecule has 0 aliphatic rings. The van der Waals surface area contributed by atoms with Crippen molar-refractivity contribution in [3.63, 3.8) is 0 Å². The third kappa shape index (κ3) is 4.75. The molecule has 2 aromatic carbocycles. The summed E-state index contributed by atoms with van der Waals surface area (Å²) in [6.07, 6.45) is -0.169. The number of nitrogens with one attached hydrogen (secondary N) is 1. The molecule has 0 fully saturated rings. The molecule has 0 saturated carbocycles. The maximum atomic E-state index is 12.6. The summed E-state index contributed by atoms with van der Waals surface area (Å²) in [6, 6.07) is 12.0. The first-order valence-corrected chi connectivity index (χ1v) is 8.29. The van der Waals surface area contributed by atoms with E-state index in [9.17, 15) is 9.59 Å². The average Bonchev–Trinajstić information content (AvgIpc) is 2.67. The fraction of sp³-hybridized carbons (Fsp3) is 0.300. The summed E-state index contributed by atoms with van der Waals surface area (Å²) in [6.45, 7) is 3.72. The molecule has 0 unspecified atom stereocenters. The largest absolute Gasteiger partial charge is 0.497 e. The number of amides is 1. The molecular formula is C20H23NO5. The van der Waals surface area contributed by atoms with Crippen LogP contribution < -0.4 is 14.8 Å². The summed E-state index contributed by atoms with van der Waals surface area (Å²) in [5.41, 5.74) is 1.76. The van der Waals surface area contributed by atoms with Crippen molar-refractivity contribution in [2.24, 2.45) is 0 Å². The van der Waals surface area contributed by atoms with Crippen molar-refractivity contribution in [2.75, 3.05) is 19.5 Å². The maximum absolute atomic E-state index is 12.6. The van der Waals surface area contributed by atoms with Crippen LogP contribution in [0.4, 0.5) is 5.69 Å². The predicted octanol–water partition coefficient (Wildman–Crippen LogP) is 3.59. The fourth-order valence-electron chi connectivity index (χ4n) is 2.36. The van der Waals surface area contributed by atoms with Crippen LogP contribution in [0.3, 0.4) is 0 Å². The Hall–Kier alpha value is -3.02. The van der Waals surface area contributed by atoms with E-state index < -0.39 is 12.1 Å². The van der Waals surface area contributed by atoms with Crippen molar-refractivity contribution in [1.29, 1.82) is 0 Å². The highest BCUT2D eigenvalue weighted by atomic mass is 16.5. The third-order valence-electron chi connectivity index (χ3n) is 3.92. The minimum Gasteiger partial charge on any atom is -0.497 e. The number of esters is 1. The van der Waals surface area contributed by atoms with Gasteiger partial charge in [0.1, 0.15) is 11.5 Å². The zero-order chi connectivity index (χ0) is 19.1. The van der Waals surface area contributed by atoms with E-state index in [4.69, 9.17) is 14.2 Å². The van der Waals surface area contributed by atoms with Crippen molar-refractivity contribution in [2.45, 2.75) is 26.4 Å². The fourth-order valence-corrected chi connectivity index (χ4v) is 2.36. The molecule has 26 heavy (non-hydrogen) atoms. The molecule has 0 aromatic heterocycles. The standard InChI is InChI=1S/C20H23NO5/c1-5-18(26-16-10-8-15(24-3)9-11-16)19(22)21-17-12-14(20(23)25-4)7-6-13(17)2/h6-12,18H,5H2,1-4H3,(H,21,22)/t18-/m0/s1. The number of ether oxygens (including phenoxy) is 3. The third-order valence-corrected chi connectivity index (χ3v) is 3.92. The highest BCUT2D eigenvalue weighted by Crippen LogP contribution is 2.21. The maximum Gasteiger partial charge on any atom is 0.337 e.